The normalized spacial score (nSPS) is 20.5. The van der Waals surface area contributed by atoms with E-state index in [2.05, 4.69) is 155 Å². The molecule has 0 radical (unpaired) electrons. The molecule has 1 aliphatic carbocycles. The Morgan fingerprint density at radius 2 is 0.765 bits per heavy atom. The third kappa shape index (κ3) is 18.1. The van der Waals surface area contributed by atoms with Gasteiger partial charge in [0.25, 0.3) is 11.1 Å². The molecule has 8 atom stereocenters. The number of H-pyrrole nitrogens is 2. The van der Waals surface area contributed by atoms with Crippen molar-refractivity contribution in [3.05, 3.63) is 192 Å². The van der Waals surface area contributed by atoms with Gasteiger partial charge in [0.1, 0.15) is 48.4 Å². The number of ether oxygens (including phenoxy) is 4. The van der Waals surface area contributed by atoms with E-state index in [1.165, 1.54) is 26.2 Å². The summed E-state index contributed by atoms with van der Waals surface area (Å²) < 4.78 is 80.5. The van der Waals surface area contributed by atoms with Crippen LogP contribution in [-0.2, 0) is 96.9 Å². The van der Waals surface area contributed by atoms with Crippen LogP contribution in [0.15, 0.2) is 80.1 Å². The highest BCUT2D eigenvalue weighted by Crippen LogP contribution is 2.51. The van der Waals surface area contributed by atoms with Gasteiger partial charge in [0.15, 0.2) is 0 Å². The minimum absolute atomic E-state index is 0.108. The lowest BCUT2D eigenvalue weighted by atomic mass is 9.77. The Morgan fingerprint density at radius 3 is 1.03 bits per heavy atom. The van der Waals surface area contributed by atoms with Crippen LogP contribution >= 0.6 is 15.6 Å². The Labute approximate surface area is 574 Å². The molecule has 22 nitrogen and oxygen atoms in total. The maximum Gasteiger partial charge on any atom is 0.472 e. The molecule has 536 valence electrons. The van der Waals surface area contributed by atoms with Crippen LogP contribution in [0, 0.1) is 13.8 Å². The highest BCUT2D eigenvalue weighted by Gasteiger charge is 2.44. The van der Waals surface area contributed by atoms with Crippen LogP contribution in [0.3, 0.4) is 0 Å². The fraction of sp³-hybridized carbons (Fsp3) is 0.568. The first-order chi connectivity index (χ1) is 45.8. The number of aliphatic hydroxyl groups excluding tert-OH is 2. The molecule has 98 heavy (non-hydrogen) atoms. The number of aryl methyl sites for hydroxylation is 2. The van der Waals surface area contributed by atoms with Gasteiger partial charge in [-0.2, -0.15) is 0 Å². The monoisotopic (exact) mass is 1400 g/mol. The van der Waals surface area contributed by atoms with Crippen molar-refractivity contribution in [1.82, 2.24) is 19.1 Å². The Morgan fingerprint density at radius 1 is 0.480 bits per heavy atom. The van der Waals surface area contributed by atoms with Gasteiger partial charge in [-0.3, -0.25) is 46.8 Å². The van der Waals surface area contributed by atoms with Gasteiger partial charge in [-0.15, -0.1) is 0 Å². The van der Waals surface area contributed by atoms with Crippen molar-refractivity contribution in [1.29, 1.82) is 0 Å². The van der Waals surface area contributed by atoms with Crippen LogP contribution in [0.25, 0.3) is 0 Å². The van der Waals surface area contributed by atoms with Crippen molar-refractivity contribution in [2.24, 2.45) is 0 Å². The number of fused-ring (bicyclic) bond motifs is 8. The predicted molar refractivity (Wildman–Crippen MR) is 375 cm³/mol. The maximum absolute atomic E-state index is 14.3. The van der Waals surface area contributed by atoms with Crippen molar-refractivity contribution < 1.29 is 66.2 Å². The van der Waals surface area contributed by atoms with Gasteiger partial charge in [-0.1, -0.05) is 145 Å². The summed E-state index contributed by atoms with van der Waals surface area (Å²) in [5.41, 5.74) is 9.94. The van der Waals surface area contributed by atoms with Gasteiger partial charge in [0.2, 0.25) is 0 Å². The number of hydrogen-bond acceptors (Lipinski definition) is 16. The number of aliphatic hydroxyl groups is 2. The van der Waals surface area contributed by atoms with Crippen molar-refractivity contribution >= 4 is 15.6 Å². The highest BCUT2D eigenvalue weighted by molar-refractivity contribution is 7.47. The summed E-state index contributed by atoms with van der Waals surface area (Å²) >= 11 is 0. The maximum atomic E-state index is 14.3. The molecule has 0 spiro atoms. The molecule has 2 unspecified atom stereocenters. The van der Waals surface area contributed by atoms with E-state index in [0.29, 0.717) is 63.2 Å². The smallest absolute Gasteiger partial charge is 0.472 e. The van der Waals surface area contributed by atoms with Crippen LogP contribution in [0.1, 0.15) is 224 Å². The molecule has 4 aromatic carbocycles. The SMILES string of the molecule is CCCOc1c2cc(C(C)(C)C)cc1Cc1cc(C(C)(C)C)cc(c1CCOP(=O)(O)O[C@H]1C[C@H](n3cc(C)c(=O)[nH]c3=O)O[C@@H]1CO)Cc1cc(C(C)(C)C)cc(c1OCCC)Cc1cc(C(C)(C)C)cc(c1CCOP(=O)(O)O[C@H]1C[C@H](n3cc(C)c(=O)[nH]c3=O)O[C@@H]1CO)C2. The Hall–Kier alpha value is -6.10. The first kappa shape index (κ1) is 76.1. The molecule has 3 aliphatic rings. The molecule has 2 saturated heterocycles. The molecule has 2 aromatic heterocycles. The summed E-state index contributed by atoms with van der Waals surface area (Å²) in [5.74, 6) is 1.42. The molecule has 0 saturated carbocycles. The number of nitrogens with zero attached hydrogens (tertiary/aromatic N) is 2. The number of hydrogen-bond donors (Lipinski definition) is 6. The van der Waals surface area contributed by atoms with Crippen LogP contribution in [0.5, 0.6) is 11.5 Å². The minimum atomic E-state index is -4.92. The molecule has 8 bridgehead atoms. The van der Waals surface area contributed by atoms with Crippen LogP contribution in [0.2, 0.25) is 0 Å². The first-order valence-electron chi connectivity index (χ1n) is 34.2. The third-order valence-electron chi connectivity index (χ3n) is 18.6. The number of phosphoric ester groups is 2. The fourth-order valence-corrected chi connectivity index (χ4v) is 14.9. The molecular formula is C74H102N4O18P2. The molecule has 0 amide bonds. The molecule has 2 aliphatic heterocycles. The summed E-state index contributed by atoms with van der Waals surface area (Å²) in [6, 6.07) is 17.8. The first-order valence-corrected chi connectivity index (χ1v) is 37.2. The molecule has 2 fully saturated rings. The number of aromatic amines is 2. The summed E-state index contributed by atoms with van der Waals surface area (Å²) in [6.45, 7) is 32.4. The largest absolute Gasteiger partial charge is 0.493 e. The van der Waals surface area contributed by atoms with Crippen LogP contribution < -0.4 is 32.0 Å². The Balaban J connectivity index is 1.18. The Kier molecular flexibility index (Phi) is 23.5. The van der Waals surface area contributed by atoms with Crippen molar-refractivity contribution in [2.45, 2.75) is 234 Å². The third-order valence-corrected chi connectivity index (χ3v) is 20.7. The van der Waals surface area contributed by atoms with E-state index in [9.17, 15) is 48.3 Å². The van der Waals surface area contributed by atoms with Crippen LogP contribution in [0.4, 0.5) is 0 Å². The highest BCUT2D eigenvalue weighted by atomic mass is 31.2. The van der Waals surface area contributed by atoms with E-state index in [-0.39, 0.29) is 71.7 Å². The molecular weight excluding hydrogens is 1290 g/mol. The quantitative estimate of drug-likeness (QED) is 0.0344. The van der Waals surface area contributed by atoms with Gasteiger partial charge in [-0.05, 0) is 139 Å². The fourth-order valence-electron chi connectivity index (χ4n) is 13.1. The van der Waals surface area contributed by atoms with E-state index in [4.69, 9.17) is 37.0 Å². The molecule has 6 aromatic rings. The predicted octanol–water partition coefficient (Wildman–Crippen LogP) is 11.5. The standard InChI is InChI=1S/C74H102N4O18P2/c1-17-21-89-65-49-25-45-29-53(71(5,6)7)31-47(57(45)19-23-91-97(85,86)95-59-37-63(93-61(59)41-79)77-39-43(3)67(81)75-69(77)83)27-51-35-56(74(14,15)16)36-52(66(51)90-22-18-2)28-48-32-54(72(8,9)10)30-46(26-50(65)34-55(33-49)73(11,12)13)58(48)20-24-92-98(87,88)96-60-38-64(94-62(60)42-80)78-40-44(4)68(82)76-70(78)84/h29-36,39-40,59-64,79-80H,17-28,37-38,41-42H2,1-16H3,(H,85,86)(H,87,88)(H,75,81,83)(H,76,82,84)/t59-,60-,61+,62+,63+,64+/m0/s1. The summed E-state index contributed by atoms with van der Waals surface area (Å²) in [7, 11) is -9.84. The van der Waals surface area contributed by atoms with Crippen LogP contribution in [-0.4, -0.2) is 103 Å². The van der Waals surface area contributed by atoms with E-state index < -0.39 is 88.2 Å². The number of aromatic nitrogens is 4. The molecule has 4 heterocycles. The van der Waals surface area contributed by atoms with E-state index in [0.717, 1.165) is 87.0 Å². The van der Waals surface area contributed by atoms with Gasteiger partial charge < -0.3 is 38.9 Å². The van der Waals surface area contributed by atoms with E-state index >= 15 is 0 Å². The molecule has 24 heteroatoms. The summed E-state index contributed by atoms with van der Waals surface area (Å²) in [5, 5.41) is 20.8. The second kappa shape index (κ2) is 30.2. The molecule has 6 N–H and O–H groups in total. The van der Waals surface area contributed by atoms with E-state index in [1.54, 1.807) is 0 Å². The second-order valence-corrected chi connectivity index (χ2v) is 33.5. The molecule has 9 rings (SSSR count). The zero-order valence-electron chi connectivity index (χ0n) is 59.8. The van der Waals surface area contributed by atoms with Crippen molar-refractivity contribution in [2.75, 3.05) is 39.6 Å². The summed E-state index contributed by atoms with van der Waals surface area (Å²) in [4.78, 5) is 78.1. The van der Waals surface area contributed by atoms with Crippen molar-refractivity contribution in [3.8, 4) is 11.5 Å². The van der Waals surface area contributed by atoms with Gasteiger partial charge in [0.05, 0.1) is 39.6 Å². The number of rotatable bonds is 22. The van der Waals surface area contributed by atoms with E-state index in [1.807, 2.05) is 0 Å². The van der Waals surface area contributed by atoms with Gasteiger partial charge in [-0.25, -0.2) is 18.7 Å². The lowest BCUT2D eigenvalue weighted by Gasteiger charge is -2.29. The van der Waals surface area contributed by atoms with Gasteiger partial charge >= 0.3 is 27.0 Å². The zero-order chi connectivity index (χ0) is 71.8. The zero-order valence-corrected chi connectivity index (χ0v) is 61.6. The number of benzene rings is 4. The number of nitrogens with one attached hydrogen (secondary N) is 2. The minimum Gasteiger partial charge on any atom is -0.493 e. The second-order valence-electron chi connectivity index (χ2n) is 30.6. The summed E-state index contributed by atoms with van der Waals surface area (Å²) in [6.07, 6.45) is -0.937. The van der Waals surface area contributed by atoms with Crippen molar-refractivity contribution in [3.63, 3.8) is 0 Å². The lowest BCUT2D eigenvalue weighted by Crippen LogP contribution is -2.33. The van der Waals surface area contributed by atoms with Gasteiger partial charge in [0, 0.05) is 62.0 Å². The average Bonchev–Trinajstić information content (AvgIpc) is 1.49. The Bertz CT molecular complexity index is 3870. The lowest BCUT2D eigenvalue weighted by molar-refractivity contribution is -0.0464. The number of phosphoric acid groups is 2. The average molecular weight is 1400 g/mol. The topological polar surface area (TPSA) is 299 Å².